The summed E-state index contributed by atoms with van der Waals surface area (Å²) < 4.78 is 0. The molecule has 1 aromatic carbocycles. The van der Waals surface area contributed by atoms with Crippen molar-refractivity contribution in [3.63, 3.8) is 0 Å². The van der Waals surface area contributed by atoms with Crippen LogP contribution in [-0.4, -0.2) is 24.5 Å². The summed E-state index contributed by atoms with van der Waals surface area (Å²) in [6.45, 7) is 9.47. The molecule has 18 heavy (non-hydrogen) atoms. The van der Waals surface area contributed by atoms with Gasteiger partial charge in [-0.2, -0.15) is 0 Å². The molecule has 1 unspecified atom stereocenters. The van der Waals surface area contributed by atoms with Gasteiger partial charge in [-0.1, -0.05) is 39.0 Å². The van der Waals surface area contributed by atoms with Gasteiger partial charge in [-0.25, -0.2) is 4.79 Å². The van der Waals surface area contributed by atoms with E-state index in [2.05, 4.69) is 51.2 Å². The van der Waals surface area contributed by atoms with E-state index in [-0.39, 0.29) is 17.5 Å². The lowest BCUT2D eigenvalue weighted by atomic mass is 9.84. The first kappa shape index (κ1) is 12.9. The van der Waals surface area contributed by atoms with Crippen LogP contribution in [0.2, 0.25) is 0 Å². The molecule has 0 bridgehead atoms. The quantitative estimate of drug-likeness (QED) is 0.811. The molecule has 1 N–H and O–H groups in total. The first-order valence-electron chi connectivity index (χ1n) is 6.41. The summed E-state index contributed by atoms with van der Waals surface area (Å²) in [6, 6.07) is 6.70. The first-order chi connectivity index (χ1) is 8.29. The number of aryl methyl sites for hydroxylation is 1. The van der Waals surface area contributed by atoms with Gasteiger partial charge in [-0.3, -0.25) is 0 Å². The summed E-state index contributed by atoms with van der Waals surface area (Å²) in [5.74, 6) is 0. The third-order valence-corrected chi connectivity index (χ3v) is 3.62. The highest BCUT2D eigenvalue weighted by Gasteiger charge is 2.28. The van der Waals surface area contributed by atoms with Crippen molar-refractivity contribution in [2.75, 3.05) is 13.6 Å². The molecule has 0 spiro atoms. The number of likely N-dealkylation sites (N-methyl/N-ethyl adjacent to an activating group) is 1. The van der Waals surface area contributed by atoms with Gasteiger partial charge in [0.05, 0.1) is 6.04 Å². The predicted molar refractivity (Wildman–Crippen MR) is 73.8 cm³/mol. The maximum Gasteiger partial charge on any atom is 0.317 e. The Bertz CT molecular complexity index is 474. The number of urea groups is 1. The summed E-state index contributed by atoms with van der Waals surface area (Å²) in [5.41, 5.74) is 3.92. The fraction of sp³-hybridized carbons (Fsp3) is 0.533. The molecule has 2 rings (SSSR count). The number of carbonyl (C=O) groups excluding carboxylic acids is 1. The van der Waals surface area contributed by atoms with Gasteiger partial charge in [0.1, 0.15) is 0 Å². The fourth-order valence-electron chi connectivity index (χ4n) is 2.32. The van der Waals surface area contributed by atoms with Crippen molar-refractivity contribution in [2.24, 2.45) is 0 Å². The van der Waals surface area contributed by atoms with Crippen molar-refractivity contribution in [1.82, 2.24) is 10.2 Å². The maximum absolute atomic E-state index is 11.6. The lowest BCUT2D eigenvalue weighted by molar-refractivity contribution is 0.226. The Labute approximate surface area is 109 Å². The van der Waals surface area contributed by atoms with Gasteiger partial charge in [0, 0.05) is 13.6 Å². The topological polar surface area (TPSA) is 32.3 Å². The van der Waals surface area contributed by atoms with Crippen LogP contribution in [0.1, 0.15) is 43.5 Å². The average Bonchev–Trinajstić information content (AvgIpc) is 2.58. The maximum atomic E-state index is 11.6. The van der Waals surface area contributed by atoms with E-state index in [1.165, 1.54) is 16.7 Å². The van der Waals surface area contributed by atoms with Gasteiger partial charge in [0.25, 0.3) is 0 Å². The minimum Gasteiger partial charge on any atom is -0.329 e. The van der Waals surface area contributed by atoms with E-state index >= 15 is 0 Å². The lowest BCUT2D eigenvalue weighted by Crippen LogP contribution is -2.24. The molecular weight excluding hydrogens is 224 g/mol. The number of carbonyl (C=O) groups is 1. The second-order valence-corrected chi connectivity index (χ2v) is 6.20. The summed E-state index contributed by atoms with van der Waals surface area (Å²) in [7, 11) is 1.83. The van der Waals surface area contributed by atoms with Crippen LogP contribution in [-0.2, 0) is 5.41 Å². The van der Waals surface area contributed by atoms with Gasteiger partial charge in [-0.05, 0) is 29.0 Å². The molecule has 1 aliphatic heterocycles. The molecule has 0 aliphatic carbocycles. The van der Waals surface area contributed by atoms with E-state index in [9.17, 15) is 4.79 Å². The van der Waals surface area contributed by atoms with Crippen LogP contribution < -0.4 is 5.32 Å². The molecule has 0 radical (unpaired) electrons. The number of nitrogens with one attached hydrogen (secondary N) is 1. The van der Waals surface area contributed by atoms with Crippen LogP contribution in [0.15, 0.2) is 18.2 Å². The number of benzene rings is 1. The molecule has 0 aromatic heterocycles. The molecule has 1 aromatic rings. The monoisotopic (exact) mass is 246 g/mol. The fourth-order valence-corrected chi connectivity index (χ4v) is 2.32. The second kappa shape index (κ2) is 4.30. The summed E-state index contributed by atoms with van der Waals surface area (Å²) in [6.07, 6.45) is 0. The zero-order valence-corrected chi connectivity index (χ0v) is 11.9. The van der Waals surface area contributed by atoms with E-state index in [0.29, 0.717) is 0 Å². The Morgan fingerprint density at radius 1 is 1.33 bits per heavy atom. The largest absolute Gasteiger partial charge is 0.329 e. The van der Waals surface area contributed by atoms with Crippen molar-refractivity contribution >= 4 is 6.03 Å². The highest BCUT2D eigenvalue weighted by molar-refractivity contribution is 5.77. The molecule has 1 atom stereocenters. The number of hydrogen-bond donors (Lipinski definition) is 1. The number of amides is 2. The molecule has 98 valence electrons. The Hall–Kier alpha value is -1.51. The van der Waals surface area contributed by atoms with Crippen LogP contribution in [0.3, 0.4) is 0 Å². The molecule has 0 saturated carbocycles. The molecule has 1 fully saturated rings. The Kier molecular flexibility index (Phi) is 3.09. The first-order valence-corrected chi connectivity index (χ1v) is 6.41. The third kappa shape index (κ3) is 2.35. The highest BCUT2D eigenvalue weighted by Crippen LogP contribution is 2.29. The summed E-state index contributed by atoms with van der Waals surface area (Å²) in [5, 5.41) is 3.03. The normalized spacial score (nSPS) is 20.2. The summed E-state index contributed by atoms with van der Waals surface area (Å²) in [4.78, 5) is 13.3. The minimum atomic E-state index is 0.0144. The highest BCUT2D eigenvalue weighted by atomic mass is 16.2. The van der Waals surface area contributed by atoms with E-state index in [4.69, 9.17) is 0 Å². The molecule has 1 aliphatic rings. The van der Waals surface area contributed by atoms with Gasteiger partial charge in [0.15, 0.2) is 0 Å². The minimum absolute atomic E-state index is 0.0144. The van der Waals surface area contributed by atoms with E-state index in [1.54, 1.807) is 4.90 Å². The van der Waals surface area contributed by atoms with Crippen LogP contribution in [0.25, 0.3) is 0 Å². The van der Waals surface area contributed by atoms with Crippen LogP contribution in [0, 0.1) is 6.92 Å². The Morgan fingerprint density at radius 2 is 2.00 bits per heavy atom. The van der Waals surface area contributed by atoms with E-state index in [0.717, 1.165) is 6.54 Å². The zero-order chi connectivity index (χ0) is 13.5. The van der Waals surface area contributed by atoms with Crippen molar-refractivity contribution in [3.05, 3.63) is 34.9 Å². The van der Waals surface area contributed by atoms with Gasteiger partial charge in [-0.15, -0.1) is 0 Å². The van der Waals surface area contributed by atoms with Crippen LogP contribution in [0.5, 0.6) is 0 Å². The van der Waals surface area contributed by atoms with Crippen molar-refractivity contribution in [1.29, 1.82) is 0 Å². The van der Waals surface area contributed by atoms with Crippen molar-refractivity contribution in [3.8, 4) is 0 Å². The average molecular weight is 246 g/mol. The van der Waals surface area contributed by atoms with E-state index in [1.807, 2.05) is 7.05 Å². The molecule has 1 heterocycles. The molecular formula is C15H22N2O. The third-order valence-electron chi connectivity index (χ3n) is 3.62. The smallest absolute Gasteiger partial charge is 0.317 e. The summed E-state index contributed by atoms with van der Waals surface area (Å²) >= 11 is 0. The molecule has 3 heteroatoms. The predicted octanol–water partition coefficient (Wildman–Crippen LogP) is 2.99. The van der Waals surface area contributed by atoms with Crippen LogP contribution in [0.4, 0.5) is 4.79 Å². The number of nitrogens with zero attached hydrogens (tertiary/aromatic N) is 1. The zero-order valence-electron chi connectivity index (χ0n) is 11.9. The van der Waals surface area contributed by atoms with Gasteiger partial charge < -0.3 is 10.2 Å². The van der Waals surface area contributed by atoms with Crippen molar-refractivity contribution in [2.45, 2.75) is 39.2 Å². The standard InChI is InChI=1S/C15H22N2O/c1-10-6-7-11(15(2,3)4)8-12(10)13-9-17(5)14(18)16-13/h6-8,13H,9H2,1-5H3,(H,16,18). The Balaban J connectivity index is 2.36. The molecule has 2 amide bonds. The van der Waals surface area contributed by atoms with E-state index < -0.39 is 0 Å². The lowest BCUT2D eigenvalue weighted by Gasteiger charge is -2.22. The number of rotatable bonds is 1. The molecule has 3 nitrogen and oxygen atoms in total. The van der Waals surface area contributed by atoms with Crippen LogP contribution >= 0.6 is 0 Å². The SMILES string of the molecule is Cc1ccc(C(C)(C)C)cc1C1CN(C)C(=O)N1. The second-order valence-electron chi connectivity index (χ2n) is 6.20. The van der Waals surface area contributed by atoms with Gasteiger partial charge >= 0.3 is 6.03 Å². The Morgan fingerprint density at radius 3 is 2.50 bits per heavy atom. The molecule has 1 saturated heterocycles. The number of hydrogen-bond acceptors (Lipinski definition) is 1. The van der Waals surface area contributed by atoms with Gasteiger partial charge in [0.2, 0.25) is 0 Å². The van der Waals surface area contributed by atoms with Crippen molar-refractivity contribution < 1.29 is 4.79 Å².